The highest BCUT2D eigenvalue weighted by Gasteiger charge is 2.22. The first kappa shape index (κ1) is 13.7. The van der Waals surface area contributed by atoms with Crippen LogP contribution in [0.4, 0.5) is 0 Å². The molecule has 0 spiro atoms. The molecule has 1 N–H and O–H groups in total. The average Bonchev–Trinajstić information content (AvgIpc) is 2.56. The lowest BCUT2D eigenvalue weighted by Crippen LogP contribution is -2.40. The maximum absolute atomic E-state index is 12.1. The largest absolute Gasteiger partial charge is 0.389 e. The molecule has 0 saturated carbocycles. The molecule has 17 heavy (non-hydrogen) atoms. The molecule has 0 radical (unpaired) electrons. The summed E-state index contributed by atoms with van der Waals surface area (Å²) < 4.78 is 1.59. The van der Waals surface area contributed by atoms with Gasteiger partial charge in [0, 0.05) is 20.6 Å². The van der Waals surface area contributed by atoms with Gasteiger partial charge in [0.2, 0.25) is 0 Å². The lowest BCUT2D eigenvalue weighted by molar-refractivity contribution is 0.0362. The number of hydrogen-bond acceptors (Lipinski definition) is 3. The predicted molar refractivity (Wildman–Crippen MR) is 65.8 cm³/mol. The van der Waals surface area contributed by atoms with Crippen LogP contribution in [-0.4, -0.2) is 44.9 Å². The van der Waals surface area contributed by atoms with Crippen molar-refractivity contribution in [2.75, 3.05) is 13.6 Å². The smallest absolute Gasteiger partial charge is 0.271 e. The number of carbonyl (C=O) groups is 1. The SMILES string of the molecule is CCc1cc(C(=O)N(C)CC(C)(C)O)n(C)n1. The zero-order chi connectivity index (χ0) is 13.2. The van der Waals surface area contributed by atoms with Gasteiger partial charge in [0.1, 0.15) is 5.69 Å². The van der Waals surface area contributed by atoms with Crippen LogP contribution < -0.4 is 0 Å². The maximum Gasteiger partial charge on any atom is 0.271 e. The lowest BCUT2D eigenvalue weighted by Gasteiger charge is -2.25. The van der Waals surface area contributed by atoms with E-state index in [0.717, 1.165) is 12.1 Å². The van der Waals surface area contributed by atoms with Crippen LogP contribution in [0.5, 0.6) is 0 Å². The summed E-state index contributed by atoms with van der Waals surface area (Å²) in [7, 11) is 3.43. The summed E-state index contributed by atoms with van der Waals surface area (Å²) in [5.41, 5.74) is 0.553. The van der Waals surface area contributed by atoms with Crippen molar-refractivity contribution in [1.29, 1.82) is 0 Å². The van der Waals surface area contributed by atoms with Crippen LogP contribution in [0.1, 0.15) is 37.0 Å². The maximum atomic E-state index is 12.1. The summed E-state index contributed by atoms with van der Waals surface area (Å²) in [6.07, 6.45) is 0.802. The van der Waals surface area contributed by atoms with Crippen molar-refractivity contribution in [1.82, 2.24) is 14.7 Å². The number of aromatic nitrogens is 2. The normalized spacial score (nSPS) is 11.6. The van der Waals surface area contributed by atoms with Crippen molar-refractivity contribution in [2.45, 2.75) is 32.8 Å². The van der Waals surface area contributed by atoms with E-state index in [1.165, 1.54) is 4.90 Å². The molecular formula is C12H21N3O2. The highest BCUT2D eigenvalue weighted by molar-refractivity contribution is 5.92. The second kappa shape index (κ2) is 4.87. The highest BCUT2D eigenvalue weighted by Crippen LogP contribution is 2.10. The summed E-state index contributed by atoms with van der Waals surface area (Å²) in [6.45, 7) is 5.64. The molecule has 1 amide bonds. The fraction of sp³-hybridized carbons (Fsp3) is 0.667. The molecule has 1 rings (SSSR count). The number of aryl methyl sites for hydroxylation is 2. The van der Waals surface area contributed by atoms with Gasteiger partial charge in [-0.05, 0) is 26.3 Å². The Morgan fingerprint density at radius 3 is 2.59 bits per heavy atom. The van der Waals surface area contributed by atoms with Crippen LogP contribution in [-0.2, 0) is 13.5 Å². The molecule has 0 aliphatic heterocycles. The predicted octanol–water partition coefficient (Wildman–Crippen LogP) is 0.825. The van der Waals surface area contributed by atoms with E-state index in [-0.39, 0.29) is 5.91 Å². The van der Waals surface area contributed by atoms with Gasteiger partial charge < -0.3 is 10.0 Å². The molecule has 0 bridgehead atoms. The summed E-state index contributed by atoms with van der Waals surface area (Å²) in [5.74, 6) is -0.123. The topological polar surface area (TPSA) is 58.4 Å². The van der Waals surface area contributed by atoms with E-state index in [9.17, 15) is 9.90 Å². The van der Waals surface area contributed by atoms with Crippen molar-refractivity contribution in [3.63, 3.8) is 0 Å². The molecule has 5 nitrogen and oxygen atoms in total. The second-order valence-electron chi connectivity index (χ2n) is 4.97. The minimum Gasteiger partial charge on any atom is -0.389 e. The third-order valence-corrected chi connectivity index (χ3v) is 2.48. The van der Waals surface area contributed by atoms with Crippen LogP contribution in [0, 0.1) is 0 Å². The molecule has 0 fully saturated rings. The number of carbonyl (C=O) groups excluding carboxylic acids is 1. The fourth-order valence-electron chi connectivity index (χ4n) is 1.75. The third kappa shape index (κ3) is 3.56. The van der Waals surface area contributed by atoms with Crippen molar-refractivity contribution in [3.05, 3.63) is 17.5 Å². The third-order valence-electron chi connectivity index (χ3n) is 2.48. The fourth-order valence-corrected chi connectivity index (χ4v) is 1.75. The number of likely N-dealkylation sites (N-methyl/N-ethyl adjacent to an activating group) is 1. The Balaban J connectivity index is 2.85. The van der Waals surface area contributed by atoms with Crippen LogP contribution >= 0.6 is 0 Å². The number of aliphatic hydroxyl groups is 1. The Morgan fingerprint density at radius 2 is 2.18 bits per heavy atom. The van der Waals surface area contributed by atoms with E-state index in [1.807, 2.05) is 6.92 Å². The van der Waals surface area contributed by atoms with Gasteiger partial charge in [-0.2, -0.15) is 5.10 Å². The van der Waals surface area contributed by atoms with E-state index in [1.54, 1.807) is 38.7 Å². The Labute approximate surface area is 102 Å². The van der Waals surface area contributed by atoms with E-state index in [0.29, 0.717) is 12.2 Å². The molecular weight excluding hydrogens is 218 g/mol. The van der Waals surface area contributed by atoms with Gasteiger partial charge in [0.15, 0.2) is 0 Å². The molecule has 0 aliphatic rings. The summed E-state index contributed by atoms with van der Waals surface area (Å²) in [5, 5.41) is 13.9. The monoisotopic (exact) mass is 239 g/mol. The van der Waals surface area contributed by atoms with E-state index in [4.69, 9.17) is 0 Å². The van der Waals surface area contributed by atoms with Gasteiger partial charge in [-0.1, -0.05) is 6.92 Å². The average molecular weight is 239 g/mol. The van der Waals surface area contributed by atoms with Crippen LogP contribution in [0.3, 0.4) is 0 Å². The number of rotatable bonds is 4. The first-order valence-corrected chi connectivity index (χ1v) is 5.75. The van der Waals surface area contributed by atoms with Gasteiger partial charge in [-0.25, -0.2) is 0 Å². The minimum absolute atomic E-state index is 0.123. The van der Waals surface area contributed by atoms with Crippen LogP contribution in [0.25, 0.3) is 0 Å². The molecule has 0 unspecified atom stereocenters. The summed E-state index contributed by atoms with van der Waals surface area (Å²) >= 11 is 0. The molecule has 0 aromatic carbocycles. The Hall–Kier alpha value is -1.36. The van der Waals surface area contributed by atoms with Crippen molar-refractivity contribution in [2.24, 2.45) is 7.05 Å². The molecule has 0 atom stereocenters. The van der Waals surface area contributed by atoms with Crippen molar-refractivity contribution >= 4 is 5.91 Å². The van der Waals surface area contributed by atoms with E-state index in [2.05, 4.69) is 5.10 Å². The van der Waals surface area contributed by atoms with Crippen molar-refractivity contribution in [3.8, 4) is 0 Å². The molecule has 96 valence electrons. The van der Waals surface area contributed by atoms with E-state index < -0.39 is 5.60 Å². The highest BCUT2D eigenvalue weighted by atomic mass is 16.3. The van der Waals surface area contributed by atoms with E-state index >= 15 is 0 Å². The number of amides is 1. The number of hydrogen-bond donors (Lipinski definition) is 1. The Kier molecular flexibility index (Phi) is 3.93. The molecule has 0 aliphatic carbocycles. The molecule has 1 aromatic rings. The van der Waals surface area contributed by atoms with Gasteiger partial charge >= 0.3 is 0 Å². The summed E-state index contributed by atoms with van der Waals surface area (Å²) in [6, 6.07) is 1.79. The van der Waals surface area contributed by atoms with Gasteiger partial charge in [-0.15, -0.1) is 0 Å². The van der Waals surface area contributed by atoms with Crippen LogP contribution in [0.2, 0.25) is 0 Å². The first-order chi connectivity index (χ1) is 7.74. The van der Waals surface area contributed by atoms with Crippen LogP contribution in [0.15, 0.2) is 6.07 Å². The molecule has 5 heteroatoms. The lowest BCUT2D eigenvalue weighted by atomic mass is 10.1. The Morgan fingerprint density at radius 1 is 1.59 bits per heavy atom. The quantitative estimate of drug-likeness (QED) is 0.846. The van der Waals surface area contributed by atoms with Crippen molar-refractivity contribution < 1.29 is 9.90 Å². The van der Waals surface area contributed by atoms with Gasteiger partial charge in [0.25, 0.3) is 5.91 Å². The second-order valence-corrected chi connectivity index (χ2v) is 4.97. The molecule has 0 saturated heterocycles. The first-order valence-electron chi connectivity index (χ1n) is 5.75. The minimum atomic E-state index is -0.892. The number of nitrogens with zero attached hydrogens (tertiary/aromatic N) is 3. The summed E-state index contributed by atoms with van der Waals surface area (Å²) in [4.78, 5) is 13.6. The van der Waals surface area contributed by atoms with Gasteiger partial charge in [0.05, 0.1) is 11.3 Å². The molecule has 1 heterocycles. The Bertz CT molecular complexity index is 404. The standard InChI is InChI=1S/C12H21N3O2/c1-6-9-7-10(15(5)13-9)11(16)14(4)8-12(2,3)17/h7,17H,6,8H2,1-5H3. The molecule has 1 aromatic heterocycles. The zero-order valence-electron chi connectivity index (χ0n) is 11.2. The zero-order valence-corrected chi connectivity index (χ0v) is 11.2. The van der Waals surface area contributed by atoms with Gasteiger partial charge in [-0.3, -0.25) is 9.48 Å².